The third-order valence-corrected chi connectivity index (χ3v) is 8.82. The summed E-state index contributed by atoms with van der Waals surface area (Å²) >= 11 is 0. The van der Waals surface area contributed by atoms with Crippen LogP contribution in [0.3, 0.4) is 0 Å². The van der Waals surface area contributed by atoms with Crippen molar-refractivity contribution in [3.05, 3.63) is 36.4 Å². The summed E-state index contributed by atoms with van der Waals surface area (Å²) < 4.78 is 130. The van der Waals surface area contributed by atoms with E-state index in [1.165, 1.54) is 0 Å². The number of ether oxygens (including phenoxy) is 1. The second-order valence-electron chi connectivity index (χ2n) is 7.76. The van der Waals surface area contributed by atoms with Gasteiger partial charge in [0.05, 0.1) is 22.6 Å². The minimum atomic E-state index is -5.47. The van der Waals surface area contributed by atoms with Gasteiger partial charge in [0.1, 0.15) is 22.0 Å². The van der Waals surface area contributed by atoms with Crippen LogP contribution in [0.4, 0.5) is 17.1 Å². The van der Waals surface area contributed by atoms with Crippen LogP contribution < -0.4 is 10.1 Å². The molecule has 18 nitrogen and oxygen atoms in total. The molecule has 0 aliphatic heterocycles. The number of phenolic OH excluding ortho intramolecular Hbond substituents is 1. The average Bonchev–Trinajstić information content (AvgIpc) is 2.79. The second kappa shape index (κ2) is 10.9. The maximum atomic E-state index is 12.2. The number of aromatic hydroxyl groups is 1. The molecule has 0 aliphatic rings. The van der Waals surface area contributed by atoms with E-state index in [2.05, 4.69) is 19.2 Å². The van der Waals surface area contributed by atoms with Crippen molar-refractivity contribution in [2.24, 2.45) is 10.2 Å². The molecule has 0 fully saturated rings. The van der Waals surface area contributed by atoms with Crippen molar-refractivity contribution in [1.29, 1.82) is 0 Å². The molecule has 0 saturated heterocycles. The van der Waals surface area contributed by atoms with Gasteiger partial charge in [-0.25, -0.2) is 0 Å². The van der Waals surface area contributed by atoms with Gasteiger partial charge in [0.25, 0.3) is 20.2 Å². The van der Waals surface area contributed by atoms with E-state index < -0.39 is 94.9 Å². The fourth-order valence-electron chi connectivity index (χ4n) is 3.35. The van der Waals surface area contributed by atoms with Crippen molar-refractivity contribution in [2.75, 3.05) is 12.4 Å². The maximum absolute atomic E-state index is 12.2. The van der Waals surface area contributed by atoms with Crippen LogP contribution in [0.1, 0.15) is 6.92 Å². The van der Waals surface area contributed by atoms with E-state index in [1.54, 1.807) is 0 Å². The first-order chi connectivity index (χ1) is 18.6. The van der Waals surface area contributed by atoms with Gasteiger partial charge in [-0.15, -0.1) is 13.9 Å². The van der Waals surface area contributed by atoms with Crippen molar-refractivity contribution in [3.63, 3.8) is 0 Å². The zero-order valence-electron chi connectivity index (χ0n) is 20.3. The smallest absolute Gasteiger partial charge is 0.412 e. The number of phenols is 1. The number of hydrogen-bond acceptors (Lipinski definition) is 14. The number of nitrogens with one attached hydrogen (secondary N) is 1. The number of nitrogens with zero attached hydrogens (tertiary/aromatic N) is 2. The molecule has 41 heavy (non-hydrogen) atoms. The summed E-state index contributed by atoms with van der Waals surface area (Å²) in [5, 5.41) is 19.5. The molecule has 3 aromatic rings. The zero-order chi connectivity index (χ0) is 31.1. The van der Waals surface area contributed by atoms with Gasteiger partial charge in [-0.05, 0) is 41.8 Å². The summed E-state index contributed by atoms with van der Waals surface area (Å²) in [7, 11) is -19.7. The highest BCUT2D eigenvalue weighted by Crippen LogP contribution is 2.45. The number of methoxy groups -OCH3 is 1. The van der Waals surface area contributed by atoms with E-state index >= 15 is 0 Å². The standard InChI is InChI=1S/C19H17N3O15S4/c1-9(23)20-14-8-12(38(25,26)27)5-10-6-16(39(28,29)30)18(19(24)17(10)14)22-21-13-7-11(3-4-15(13)36-2)40(31,32)37-41(33,34)35/h3-8,24H,1-2H3,(H,20,23)(H,25,26,27)(H,28,29,30)(H,33,34,35). The fourth-order valence-corrected chi connectivity index (χ4v) is 6.26. The molecule has 5 N–H and O–H groups in total. The Balaban J connectivity index is 2.36. The van der Waals surface area contributed by atoms with Crippen molar-refractivity contribution in [2.45, 2.75) is 21.6 Å². The molecule has 0 saturated carbocycles. The Morgan fingerprint density at radius 1 is 0.854 bits per heavy atom. The van der Waals surface area contributed by atoms with Crippen LogP contribution in [-0.4, -0.2) is 65.5 Å². The maximum Gasteiger partial charge on any atom is 0.412 e. The quantitative estimate of drug-likeness (QED) is 0.162. The van der Waals surface area contributed by atoms with Gasteiger partial charge in [0.2, 0.25) is 5.91 Å². The molecular weight excluding hydrogens is 638 g/mol. The van der Waals surface area contributed by atoms with Gasteiger partial charge in [-0.1, -0.05) is 0 Å². The van der Waals surface area contributed by atoms with E-state index in [0.29, 0.717) is 12.1 Å². The molecule has 3 aromatic carbocycles. The lowest BCUT2D eigenvalue weighted by atomic mass is 10.1. The van der Waals surface area contributed by atoms with Gasteiger partial charge in [-0.3, -0.25) is 18.5 Å². The van der Waals surface area contributed by atoms with Crippen LogP contribution in [0.5, 0.6) is 11.5 Å². The lowest BCUT2D eigenvalue weighted by Crippen LogP contribution is -2.12. The third-order valence-electron chi connectivity index (χ3n) is 4.88. The number of benzene rings is 3. The van der Waals surface area contributed by atoms with E-state index in [9.17, 15) is 52.7 Å². The third kappa shape index (κ3) is 7.31. The Morgan fingerprint density at radius 2 is 1.49 bits per heavy atom. The normalized spacial score (nSPS) is 13.0. The number of hydrogen-bond donors (Lipinski definition) is 5. The van der Waals surface area contributed by atoms with Gasteiger partial charge < -0.3 is 15.2 Å². The molecule has 3 rings (SSSR count). The van der Waals surface area contributed by atoms with Crippen LogP contribution in [0.25, 0.3) is 10.8 Å². The highest BCUT2D eigenvalue weighted by atomic mass is 32.3. The molecule has 0 unspecified atom stereocenters. The number of carbonyl (C=O) groups excluding carboxylic acids is 1. The van der Waals surface area contributed by atoms with Crippen molar-refractivity contribution >= 4 is 74.5 Å². The SMILES string of the molecule is COc1ccc(S(=O)(=O)OS(=O)(=O)O)cc1N=Nc1c(S(=O)(=O)O)cc2cc(S(=O)(=O)O)cc(NC(C)=O)c2c1O. The predicted octanol–water partition coefficient (Wildman–Crippen LogP) is 1.93. The molecule has 0 aromatic heterocycles. The number of azo groups is 1. The van der Waals surface area contributed by atoms with Gasteiger partial charge in [0, 0.05) is 12.3 Å². The summed E-state index contributed by atoms with van der Waals surface area (Å²) in [5.74, 6) is -2.10. The molecule has 0 bridgehead atoms. The first-order valence-electron chi connectivity index (χ1n) is 10.2. The molecular formula is C19H17N3O15S4. The largest absolute Gasteiger partial charge is 0.505 e. The van der Waals surface area contributed by atoms with Gasteiger partial charge in [0.15, 0.2) is 5.75 Å². The topological polar surface area (TPSA) is 290 Å². The van der Waals surface area contributed by atoms with Crippen LogP contribution >= 0.6 is 0 Å². The number of anilines is 1. The predicted molar refractivity (Wildman–Crippen MR) is 137 cm³/mol. The lowest BCUT2D eigenvalue weighted by molar-refractivity contribution is -0.114. The lowest BCUT2D eigenvalue weighted by Gasteiger charge is -2.14. The summed E-state index contributed by atoms with van der Waals surface area (Å²) in [6.45, 7) is 1.01. The van der Waals surface area contributed by atoms with E-state index in [4.69, 9.17) is 9.29 Å². The minimum Gasteiger partial charge on any atom is -0.505 e. The van der Waals surface area contributed by atoms with Crippen molar-refractivity contribution < 1.29 is 65.6 Å². The van der Waals surface area contributed by atoms with E-state index in [-0.39, 0.29) is 5.75 Å². The number of carbonyl (C=O) groups is 1. The number of rotatable bonds is 9. The van der Waals surface area contributed by atoms with Crippen molar-refractivity contribution in [3.8, 4) is 11.5 Å². The van der Waals surface area contributed by atoms with Crippen LogP contribution in [0.15, 0.2) is 61.3 Å². The second-order valence-corrected chi connectivity index (χ2v) is 13.3. The van der Waals surface area contributed by atoms with E-state index in [1.807, 2.05) is 0 Å². The van der Waals surface area contributed by atoms with E-state index in [0.717, 1.165) is 38.3 Å². The molecule has 0 heterocycles. The Bertz CT molecular complexity index is 2060. The molecule has 0 aliphatic carbocycles. The van der Waals surface area contributed by atoms with Crippen molar-refractivity contribution in [1.82, 2.24) is 0 Å². The monoisotopic (exact) mass is 655 g/mol. The molecule has 0 atom stereocenters. The Labute approximate surface area is 231 Å². The average molecular weight is 656 g/mol. The molecule has 1 amide bonds. The first-order valence-corrected chi connectivity index (χ1v) is 15.9. The minimum absolute atomic E-state index is 0.232. The van der Waals surface area contributed by atoms with Gasteiger partial charge in [-0.2, -0.15) is 33.7 Å². The first kappa shape index (κ1) is 31.8. The molecule has 0 spiro atoms. The summed E-state index contributed by atoms with van der Waals surface area (Å²) in [4.78, 5) is 8.85. The summed E-state index contributed by atoms with van der Waals surface area (Å²) in [6.07, 6.45) is 0. The van der Waals surface area contributed by atoms with Crippen LogP contribution in [-0.2, 0) is 49.2 Å². The Kier molecular flexibility index (Phi) is 8.44. The molecule has 0 radical (unpaired) electrons. The highest BCUT2D eigenvalue weighted by Gasteiger charge is 2.27. The highest BCUT2D eigenvalue weighted by molar-refractivity contribution is 7.97. The Hall–Kier alpha value is -3.77. The number of fused-ring (bicyclic) bond motifs is 1. The van der Waals surface area contributed by atoms with Gasteiger partial charge >= 0.3 is 20.5 Å². The fraction of sp³-hybridized carbons (Fsp3) is 0.105. The van der Waals surface area contributed by atoms with Crippen LogP contribution in [0.2, 0.25) is 0 Å². The molecule has 222 valence electrons. The number of amides is 1. The van der Waals surface area contributed by atoms with Crippen LogP contribution in [0, 0.1) is 0 Å². The Morgan fingerprint density at radius 3 is 2.00 bits per heavy atom. The summed E-state index contributed by atoms with van der Waals surface area (Å²) in [5.41, 5.74) is -1.96. The summed E-state index contributed by atoms with van der Waals surface area (Å²) in [6, 6.07) is 4.47. The molecule has 22 heteroatoms. The zero-order valence-corrected chi connectivity index (χ0v) is 23.5.